The minimum atomic E-state index is -3.96. The zero-order valence-corrected chi connectivity index (χ0v) is 17.9. The van der Waals surface area contributed by atoms with Crippen LogP contribution in [-0.4, -0.2) is 32.7 Å². The highest BCUT2D eigenvalue weighted by Crippen LogP contribution is 2.13. The molecule has 0 unspecified atom stereocenters. The summed E-state index contributed by atoms with van der Waals surface area (Å²) < 4.78 is 35.7. The first-order valence-electron chi connectivity index (χ1n) is 9.15. The van der Waals surface area contributed by atoms with Crippen molar-refractivity contribution in [2.24, 2.45) is 0 Å². The molecule has 0 aliphatic rings. The van der Waals surface area contributed by atoms with Crippen molar-refractivity contribution in [1.29, 1.82) is 0 Å². The second-order valence-corrected chi connectivity index (χ2v) is 9.19. The van der Waals surface area contributed by atoms with E-state index >= 15 is 0 Å². The number of ether oxygens (including phenoxy) is 2. The molecule has 0 aliphatic heterocycles. The van der Waals surface area contributed by atoms with E-state index in [0.29, 0.717) is 0 Å². The first kappa shape index (κ1) is 23.0. The molecule has 0 heterocycles. The number of hydrogen-bond donors (Lipinski definition) is 1. The Balaban J connectivity index is 2.03. The Morgan fingerprint density at radius 3 is 2.24 bits per heavy atom. The Morgan fingerprint density at radius 1 is 1.03 bits per heavy atom. The Hall–Kier alpha value is -2.26. The monoisotopic (exact) mass is 421 g/mol. The molecule has 2 aromatic carbocycles. The summed E-state index contributed by atoms with van der Waals surface area (Å²) >= 11 is 0. The smallest absolute Gasteiger partial charge is 0.340 e. The molecule has 0 saturated carbocycles. The van der Waals surface area contributed by atoms with Crippen molar-refractivity contribution in [3.63, 3.8) is 0 Å². The number of carbonyl (C=O) groups excluding carboxylic acids is 1. The average molecular weight is 422 g/mol. The third-order valence-corrected chi connectivity index (χ3v) is 4.89. The minimum absolute atomic E-state index is 0.0243. The molecule has 158 valence electrons. The fourth-order valence-electron chi connectivity index (χ4n) is 2.26. The number of sulfonamides is 1. The molecule has 2 aromatic rings. The molecule has 7 nitrogen and oxygen atoms in total. The van der Waals surface area contributed by atoms with Gasteiger partial charge in [-0.3, -0.25) is 4.84 Å². The number of carbonyl (C=O) groups is 1. The van der Waals surface area contributed by atoms with Crippen molar-refractivity contribution >= 4 is 16.0 Å². The summed E-state index contributed by atoms with van der Waals surface area (Å²) in [6.45, 7) is 7.05. The highest BCUT2D eigenvalue weighted by molar-refractivity contribution is 7.89. The van der Waals surface area contributed by atoms with Gasteiger partial charge in [0.15, 0.2) is 0 Å². The lowest BCUT2D eigenvalue weighted by atomic mass is 10.2. The second-order valence-electron chi connectivity index (χ2n) is 7.54. The van der Waals surface area contributed by atoms with Gasteiger partial charge in [0, 0.05) is 0 Å². The lowest BCUT2D eigenvalue weighted by Gasteiger charge is -2.24. The van der Waals surface area contributed by atoms with Crippen LogP contribution in [0, 0.1) is 6.92 Å². The van der Waals surface area contributed by atoms with E-state index in [9.17, 15) is 13.2 Å². The summed E-state index contributed by atoms with van der Waals surface area (Å²) in [4.78, 5) is 19.7. The van der Waals surface area contributed by atoms with Gasteiger partial charge in [0.25, 0.3) is 10.0 Å². The largest absolute Gasteiger partial charge is 0.458 e. The molecular formula is C21H27NO6S. The van der Waals surface area contributed by atoms with Crippen LogP contribution in [0.3, 0.4) is 0 Å². The number of aryl methyl sites for hydroxylation is 1. The summed E-state index contributed by atoms with van der Waals surface area (Å²) in [6, 6.07) is 15.6. The van der Waals surface area contributed by atoms with Crippen molar-refractivity contribution in [2.45, 2.75) is 50.9 Å². The van der Waals surface area contributed by atoms with Gasteiger partial charge >= 0.3 is 5.97 Å². The topological polar surface area (TPSA) is 90.9 Å². The van der Waals surface area contributed by atoms with Gasteiger partial charge in [-0.05, 0) is 45.4 Å². The summed E-state index contributed by atoms with van der Waals surface area (Å²) in [5, 5.41) is 0. The van der Waals surface area contributed by atoms with E-state index in [1.165, 1.54) is 12.1 Å². The number of benzene rings is 2. The molecule has 0 aromatic heterocycles. The van der Waals surface area contributed by atoms with E-state index in [2.05, 4.69) is 0 Å². The van der Waals surface area contributed by atoms with Crippen LogP contribution in [0.5, 0.6) is 0 Å². The van der Waals surface area contributed by atoms with Crippen LogP contribution in [0.15, 0.2) is 59.5 Å². The highest BCUT2D eigenvalue weighted by atomic mass is 32.2. The molecule has 0 radical (unpaired) electrons. The van der Waals surface area contributed by atoms with Crippen LogP contribution >= 0.6 is 0 Å². The Bertz CT molecular complexity index is 889. The summed E-state index contributed by atoms with van der Waals surface area (Å²) in [5.74, 6) is -0.725. The van der Waals surface area contributed by atoms with Crippen LogP contribution in [0.4, 0.5) is 0 Å². The molecule has 1 N–H and O–H groups in total. The standard InChI is InChI=1S/C21H27NO6S/c1-16-10-12-18(13-11-16)29(24,25)22-28-19(20(23)27-21(2,3)4)15-26-14-17-8-6-5-7-9-17/h5-13,19,22H,14-15H2,1-4H3/t19-/m1/s1. The van der Waals surface area contributed by atoms with Crippen LogP contribution in [0.2, 0.25) is 0 Å². The van der Waals surface area contributed by atoms with E-state index in [4.69, 9.17) is 14.3 Å². The number of nitrogens with one attached hydrogen (secondary N) is 1. The van der Waals surface area contributed by atoms with Crippen molar-refractivity contribution in [1.82, 2.24) is 4.89 Å². The van der Waals surface area contributed by atoms with Crippen LogP contribution < -0.4 is 4.89 Å². The zero-order valence-electron chi connectivity index (χ0n) is 17.0. The molecule has 0 saturated heterocycles. The second kappa shape index (κ2) is 9.98. The normalized spacial score (nSPS) is 13.1. The van der Waals surface area contributed by atoms with Crippen molar-refractivity contribution in [3.05, 3.63) is 65.7 Å². The summed E-state index contributed by atoms with van der Waals surface area (Å²) in [5.41, 5.74) is 1.08. The molecule has 0 amide bonds. The molecule has 0 spiro atoms. The van der Waals surface area contributed by atoms with E-state index < -0.39 is 27.7 Å². The van der Waals surface area contributed by atoms with Crippen LogP contribution in [0.1, 0.15) is 31.9 Å². The third kappa shape index (κ3) is 7.94. The molecule has 0 bridgehead atoms. The quantitative estimate of drug-likeness (QED) is 0.494. The number of esters is 1. The molecule has 2 rings (SSSR count). The lowest BCUT2D eigenvalue weighted by Crippen LogP contribution is -2.41. The van der Waals surface area contributed by atoms with Crippen LogP contribution in [0.25, 0.3) is 0 Å². The van der Waals surface area contributed by atoms with Gasteiger partial charge in [-0.1, -0.05) is 52.9 Å². The molecule has 1 atom stereocenters. The SMILES string of the molecule is Cc1ccc(S(=O)(=O)NO[C@H](COCc2ccccc2)C(=O)OC(C)(C)C)cc1. The van der Waals surface area contributed by atoms with E-state index in [-0.39, 0.29) is 18.1 Å². The van der Waals surface area contributed by atoms with E-state index in [0.717, 1.165) is 11.1 Å². The third-order valence-electron chi connectivity index (χ3n) is 3.68. The first-order chi connectivity index (χ1) is 13.6. The van der Waals surface area contributed by atoms with Gasteiger partial charge in [-0.2, -0.15) is 0 Å². The Labute approximate surface area is 172 Å². The lowest BCUT2D eigenvalue weighted by molar-refractivity contribution is -0.175. The predicted molar refractivity (Wildman–Crippen MR) is 108 cm³/mol. The van der Waals surface area contributed by atoms with E-state index in [1.54, 1.807) is 32.9 Å². The van der Waals surface area contributed by atoms with Crippen molar-refractivity contribution < 1.29 is 27.5 Å². The fraction of sp³-hybridized carbons (Fsp3) is 0.381. The average Bonchev–Trinajstić information content (AvgIpc) is 2.64. The first-order valence-corrected chi connectivity index (χ1v) is 10.6. The Morgan fingerprint density at radius 2 is 1.66 bits per heavy atom. The molecule has 0 aliphatic carbocycles. The van der Waals surface area contributed by atoms with Gasteiger partial charge in [0.1, 0.15) is 5.60 Å². The van der Waals surface area contributed by atoms with Gasteiger partial charge in [0.05, 0.1) is 18.1 Å². The van der Waals surface area contributed by atoms with Crippen molar-refractivity contribution in [3.8, 4) is 0 Å². The number of hydrogen-bond acceptors (Lipinski definition) is 6. The fourth-order valence-corrected chi connectivity index (χ4v) is 3.10. The highest BCUT2D eigenvalue weighted by Gasteiger charge is 2.28. The molecule has 0 fully saturated rings. The van der Waals surface area contributed by atoms with Gasteiger partial charge < -0.3 is 9.47 Å². The minimum Gasteiger partial charge on any atom is -0.458 e. The summed E-state index contributed by atoms with van der Waals surface area (Å²) in [6.07, 6.45) is -1.27. The summed E-state index contributed by atoms with van der Waals surface area (Å²) in [7, 11) is -3.96. The zero-order chi connectivity index (χ0) is 21.5. The maximum Gasteiger partial charge on any atom is 0.340 e. The van der Waals surface area contributed by atoms with Crippen LogP contribution in [-0.2, 0) is 35.7 Å². The number of rotatable bonds is 9. The predicted octanol–water partition coefficient (Wildman–Crippen LogP) is 3.13. The maximum absolute atomic E-state index is 12.4. The van der Waals surface area contributed by atoms with Gasteiger partial charge in [-0.15, -0.1) is 0 Å². The van der Waals surface area contributed by atoms with E-state index in [1.807, 2.05) is 42.1 Å². The molecule has 8 heteroatoms. The van der Waals surface area contributed by atoms with Gasteiger partial charge in [-0.25, -0.2) is 13.2 Å². The Kier molecular flexibility index (Phi) is 7.92. The van der Waals surface area contributed by atoms with Crippen molar-refractivity contribution in [2.75, 3.05) is 6.61 Å². The maximum atomic E-state index is 12.4. The molecular weight excluding hydrogens is 394 g/mol. The molecule has 29 heavy (non-hydrogen) atoms. The van der Waals surface area contributed by atoms with Gasteiger partial charge in [0.2, 0.25) is 6.10 Å².